The Bertz CT molecular complexity index is 432. The van der Waals surface area contributed by atoms with E-state index >= 15 is 0 Å². The Hall–Kier alpha value is -1.88. The van der Waals surface area contributed by atoms with Crippen molar-refractivity contribution in [3.8, 4) is 0 Å². The van der Waals surface area contributed by atoms with Gasteiger partial charge in [0, 0.05) is 19.5 Å². The highest BCUT2D eigenvalue weighted by atomic mass is 16.2. The summed E-state index contributed by atoms with van der Waals surface area (Å²) in [5.41, 5.74) is 6.60. The lowest BCUT2D eigenvalue weighted by Gasteiger charge is -2.12. The van der Waals surface area contributed by atoms with Crippen LogP contribution in [0.3, 0.4) is 0 Å². The predicted octanol–water partition coefficient (Wildman–Crippen LogP) is 0.965. The van der Waals surface area contributed by atoms with Crippen molar-refractivity contribution in [1.29, 1.82) is 0 Å². The second-order valence-corrected chi connectivity index (χ2v) is 5.13. The first-order chi connectivity index (χ1) is 9.50. The van der Waals surface area contributed by atoms with Crippen LogP contribution in [0, 0.1) is 5.92 Å². The van der Waals surface area contributed by atoms with Gasteiger partial charge in [0.05, 0.1) is 0 Å². The lowest BCUT2D eigenvalue weighted by molar-refractivity contribution is -0.123. The van der Waals surface area contributed by atoms with Crippen molar-refractivity contribution < 1.29 is 9.59 Å². The van der Waals surface area contributed by atoms with Crippen LogP contribution in [0.4, 0.5) is 0 Å². The van der Waals surface area contributed by atoms with Gasteiger partial charge in [0.1, 0.15) is 6.04 Å². The minimum absolute atomic E-state index is 0.0627. The number of amides is 2. The zero-order valence-corrected chi connectivity index (χ0v) is 12.1. The third-order valence-corrected chi connectivity index (χ3v) is 2.80. The number of carbonyl (C=O) groups is 2. The van der Waals surface area contributed by atoms with E-state index in [1.807, 2.05) is 32.0 Å². The Morgan fingerprint density at radius 2 is 1.80 bits per heavy atom. The van der Waals surface area contributed by atoms with Crippen LogP contribution >= 0.6 is 0 Å². The van der Waals surface area contributed by atoms with Gasteiger partial charge in [0.25, 0.3) is 0 Å². The Labute approximate surface area is 119 Å². The SMILES string of the molecule is CC(C)CNC(=O)CCNC(=O)[C@@H](N)c1ccccc1. The Kier molecular flexibility index (Phi) is 6.73. The third-order valence-electron chi connectivity index (χ3n) is 2.80. The number of hydrogen-bond acceptors (Lipinski definition) is 3. The molecular formula is C15H23N3O2. The summed E-state index contributed by atoms with van der Waals surface area (Å²) in [7, 11) is 0. The molecule has 0 aliphatic rings. The van der Waals surface area contributed by atoms with Gasteiger partial charge in [-0.25, -0.2) is 0 Å². The van der Waals surface area contributed by atoms with Gasteiger partial charge in [-0.15, -0.1) is 0 Å². The lowest BCUT2D eigenvalue weighted by atomic mass is 10.1. The molecule has 0 fully saturated rings. The Morgan fingerprint density at radius 3 is 2.40 bits per heavy atom. The number of nitrogens with two attached hydrogens (primary N) is 1. The van der Waals surface area contributed by atoms with Crippen LogP contribution in [0.2, 0.25) is 0 Å². The van der Waals surface area contributed by atoms with E-state index in [-0.39, 0.29) is 18.2 Å². The molecule has 0 heterocycles. The van der Waals surface area contributed by atoms with Crippen LogP contribution in [0.1, 0.15) is 31.9 Å². The molecule has 1 aromatic carbocycles. The highest BCUT2D eigenvalue weighted by molar-refractivity contribution is 5.83. The van der Waals surface area contributed by atoms with Crippen molar-refractivity contribution in [2.45, 2.75) is 26.3 Å². The summed E-state index contributed by atoms with van der Waals surface area (Å²) in [6.45, 7) is 5.00. The highest BCUT2D eigenvalue weighted by Crippen LogP contribution is 2.08. The largest absolute Gasteiger partial charge is 0.356 e. The Morgan fingerprint density at radius 1 is 1.15 bits per heavy atom. The number of hydrogen-bond donors (Lipinski definition) is 3. The standard InChI is InChI=1S/C15H23N3O2/c1-11(2)10-18-13(19)8-9-17-15(20)14(16)12-6-4-3-5-7-12/h3-7,11,14H,8-10,16H2,1-2H3,(H,17,20)(H,18,19)/t14-/m0/s1. The molecule has 5 heteroatoms. The average Bonchev–Trinajstić information content (AvgIpc) is 2.45. The molecule has 0 radical (unpaired) electrons. The summed E-state index contributed by atoms with van der Waals surface area (Å²) in [6, 6.07) is 8.45. The van der Waals surface area contributed by atoms with E-state index in [9.17, 15) is 9.59 Å². The molecule has 1 atom stereocenters. The molecule has 4 N–H and O–H groups in total. The van der Waals surface area contributed by atoms with Gasteiger partial charge in [-0.2, -0.15) is 0 Å². The highest BCUT2D eigenvalue weighted by Gasteiger charge is 2.15. The molecule has 5 nitrogen and oxygen atoms in total. The van der Waals surface area contributed by atoms with Crippen LogP contribution in [-0.4, -0.2) is 24.9 Å². The first-order valence-electron chi connectivity index (χ1n) is 6.85. The van der Waals surface area contributed by atoms with Crippen molar-refractivity contribution in [2.75, 3.05) is 13.1 Å². The maximum Gasteiger partial charge on any atom is 0.241 e. The summed E-state index contributed by atoms with van der Waals surface area (Å²) < 4.78 is 0. The minimum Gasteiger partial charge on any atom is -0.356 e. The van der Waals surface area contributed by atoms with Crippen LogP contribution in [-0.2, 0) is 9.59 Å². The van der Waals surface area contributed by atoms with E-state index in [0.717, 1.165) is 5.56 Å². The zero-order chi connectivity index (χ0) is 15.0. The monoisotopic (exact) mass is 277 g/mol. The molecule has 0 aliphatic carbocycles. The average molecular weight is 277 g/mol. The maximum atomic E-state index is 11.8. The molecular weight excluding hydrogens is 254 g/mol. The number of carbonyl (C=O) groups excluding carboxylic acids is 2. The van der Waals surface area contributed by atoms with Crippen LogP contribution in [0.15, 0.2) is 30.3 Å². The van der Waals surface area contributed by atoms with E-state index in [2.05, 4.69) is 10.6 Å². The van der Waals surface area contributed by atoms with Crippen molar-refractivity contribution in [2.24, 2.45) is 11.7 Å². The normalized spacial score (nSPS) is 12.0. The molecule has 0 aromatic heterocycles. The van der Waals surface area contributed by atoms with Crippen molar-refractivity contribution in [3.05, 3.63) is 35.9 Å². The summed E-state index contributed by atoms with van der Waals surface area (Å²) >= 11 is 0. The topological polar surface area (TPSA) is 84.2 Å². The number of benzene rings is 1. The van der Waals surface area contributed by atoms with Crippen molar-refractivity contribution in [3.63, 3.8) is 0 Å². The molecule has 0 saturated carbocycles. The summed E-state index contributed by atoms with van der Waals surface area (Å²) in [5.74, 6) is 0.0835. The fourth-order valence-corrected chi connectivity index (χ4v) is 1.63. The number of nitrogens with one attached hydrogen (secondary N) is 2. The first kappa shape index (κ1) is 16.2. The third kappa shape index (κ3) is 5.84. The second-order valence-electron chi connectivity index (χ2n) is 5.13. The van der Waals surface area contributed by atoms with Gasteiger partial charge in [-0.05, 0) is 11.5 Å². The molecule has 20 heavy (non-hydrogen) atoms. The maximum absolute atomic E-state index is 11.8. The molecule has 0 unspecified atom stereocenters. The van der Waals surface area contributed by atoms with E-state index in [1.54, 1.807) is 12.1 Å². The summed E-state index contributed by atoms with van der Waals surface area (Å²) in [5, 5.41) is 5.47. The van der Waals surface area contributed by atoms with Crippen molar-refractivity contribution in [1.82, 2.24) is 10.6 Å². The molecule has 110 valence electrons. The van der Waals surface area contributed by atoms with Gasteiger partial charge in [0.15, 0.2) is 0 Å². The molecule has 0 bridgehead atoms. The molecule has 0 saturated heterocycles. The van der Waals surface area contributed by atoms with E-state index < -0.39 is 6.04 Å². The van der Waals surface area contributed by atoms with E-state index in [1.165, 1.54) is 0 Å². The fourth-order valence-electron chi connectivity index (χ4n) is 1.63. The van der Waals surface area contributed by atoms with Crippen LogP contribution in [0.25, 0.3) is 0 Å². The molecule has 1 rings (SSSR count). The zero-order valence-electron chi connectivity index (χ0n) is 12.1. The van der Waals surface area contributed by atoms with Gasteiger partial charge in [-0.3, -0.25) is 9.59 Å². The quantitative estimate of drug-likeness (QED) is 0.694. The minimum atomic E-state index is -0.699. The van der Waals surface area contributed by atoms with Crippen LogP contribution in [0.5, 0.6) is 0 Å². The van der Waals surface area contributed by atoms with E-state index in [0.29, 0.717) is 19.0 Å². The summed E-state index contributed by atoms with van der Waals surface area (Å²) in [4.78, 5) is 23.3. The van der Waals surface area contributed by atoms with Gasteiger partial charge in [0.2, 0.25) is 11.8 Å². The molecule has 2 amide bonds. The first-order valence-corrected chi connectivity index (χ1v) is 6.85. The van der Waals surface area contributed by atoms with E-state index in [4.69, 9.17) is 5.73 Å². The molecule has 0 spiro atoms. The smallest absolute Gasteiger partial charge is 0.241 e. The van der Waals surface area contributed by atoms with Crippen molar-refractivity contribution >= 4 is 11.8 Å². The fraction of sp³-hybridized carbons (Fsp3) is 0.467. The predicted molar refractivity (Wildman–Crippen MR) is 78.8 cm³/mol. The molecule has 1 aromatic rings. The lowest BCUT2D eigenvalue weighted by Crippen LogP contribution is -2.37. The van der Waals surface area contributed by atoms with Crippen LogP contribution < -0.4 is 16.4 Å². The number of rotatable bonds is 7. The van der Waals surface area contributed by atoms with Gasteiger partial charge >= 0.3 is 0 Å². The molecule has 0 aliphatic heterocycles. The Balaban J connectivity index is 2.28. The van der Waals surface area contributed by atoms with Gasteiger partial charge < -0.3 is 16.4 Å². The van der Waals surface area contributed by atoms with Gasteiger partial charge in [-0.1, -0.05) is 44.2 Å². The summed E-state index contributed by atoms with van der Waals surface area (Å²) in [6.07, 6.45) is 0.264. The second kappa shape index (κ2) is 8.32.